The Kier molecular flexibility index (Phi) is 4.64. The first-order valence-corrected chi connectivity index (χ1v) is 10.3. The number of aliphatic hydroxyl groups excluding tert-OH is 1. The number of hydrogen-bond donors (Lipinski definition) is 2. The number of rotatable bonds is 4. The molecule has 0 aliphatic carbocycles. The Morgan fingerprint density at radius 3 is 2.71 bits per heavy atom. The predicted molar refractivity (Wildman–Crippen MR) is 118 cm³/mol. The molecule has 1 aliphatic heterocycles. The highest BCUT2D eigenvalue weighted by molar-refractivity contribution is 6.33. The number of nitrogens with two attached hydrogens (primary N) is 1. The zero-order valence-electron chi connectivity index (χ0n) is 16.7. The Morgan fingerprint density at radius 2 is 2.03 bits per heavy atom. The van der Waals surface area contributed by atoms with E-state index < -0.39 is 6.10 Å². The van der Waals surface area contributed by atoms with E-state index in [1.165, 1.54) is 10.7 Å². The Bertz CT molecular complexity index is 1330. The van der Waals surface area contributed by atoms with Crippen molar-refractivity contribution in [2.45, 2.75) is 25.5 Å². The number of benzene rings is 1. The number of aliphatic hydroxyl groups is 1. The van der Waals surface area contributed by atoms with Crippen molar-refractivity contribution in [1.82, 2.24) is 24.1 Å². The number of nitrogen functional groups attached to an aromatic ring is 1. The molecule has 4 heterocycles. The van der Waals surface area contributed by atoms with Crippen molar-refractivity contribution in [3.63, 3.8) is 0 Å². The number of fused-ring (bicyclic) bond motifs is 1. The lowest BCUT2D eigenvalue weighted by atomic mass is 10.00. The summed E-state index contributed by atoms with van der Waals surface area (Å²) in [4.78, 5) is 23.8. The average molecular weight is 438 g/mol. The van der Waals surface area contributed by atoms with E-state index in [0.717, 1.165) is 6.42 Å². The number of nitrogens with zero attached hydrogens (tertiary/aromatic N) is 6. The highest BCUT2D eigenvalue weighted by atomic mass is 35.5. The molecule has 9 nitrogen and oxygen atoms in total. The van der Waals surface area contributed by atoms with Crippen molar-refractivity contribution < 1.29 is 5.11 Å². The van der Waals surface area contributed by atoms with Gasteiger partial charge in [0.25, 0.3) is 5.56 Å². The molecule has 0 saturated carbocycles. The second-order valence-electron chi connectivity index (χ2n) is 7.47. The smallest absolute Gasteiger partial charge is 0.284 e. The first-order chi connectivity index (χ1) is 15.0. The average Bonchev–Trinajstić information content (AvgIpc) is 3.09. The van der Waals surface area contributed by atoms with Gasteiger partial charge in [-0.05, 0) is 31.5 Å². The third-order valence-corrected chi connectivity index (χ3v) is 5.84. The standard InChI is InChI=1S/C21H20ClN7O2/c1-12(30)14-11-24-21(23)25-18(14)27-9-8-16(27)19-26-28-10-7-15(22)17(28)20(31)29(19)13-5-3-2-4-6-13/h2-7,10-12,16,30H,8-9H2,1H3,(H2,23,24,25). The summed E-state index contributed by atoms with van der Waals surface area (Å²) in [6.07, 6.45) is 3.19. The van der Waals surface area contributed by atoms with Gasteiger partial charge in [-0.15, -0.1) is 0 Å². The van der Waals surface area contributed by atoms with Gasteiger partial charge in [-0.1, -0.05) is 29.8 Å². The summed E-state index contributed by atoms with van der Waals surface area (Å²) in [7, 11) is 0. The molecule has 2 unspecified atom stereocenters. The van der Waals surface area contributed by atoms with Gasteiger partial charge in [0.1, 0.15) is 11.3 Å². The van der Waals surface area contributed by atoms with Crippen LogP contribution >= 0.6 is 11.6 Å². The predicted octanol–water partition coefficient (Wildman–Crippen LogP) is 2.52. The molecule has 1 saturated heterocycles. The lowest BCUT2D eigenvalue weighted by Gasteiger charge is -2.42. The molecule has 2 atom stereocenters. The van der Waals surface area contributed by atoms with Crippen LogP contribution in [0.25, 0.3) is 11.2 Å². The summed E-state index contributed by atoms with van der Waals surface area (Å²) in [5.41, 5.74) is 7.15. The van der Waals surface area contributed by atoms with E-state index in [0.29, 0.717) is 40.0 Å². The van der Waals surface area contributed by atoms with Gasteiger partial charge in [-0.2, -0.15) is 10.1 Å². The summed E-state index contributed by atoms with van der Waals surface area (Å²) in [5, 5.41) is 15.3. The molecule has 1 fully saturated rings. The highest BCUT2D eigenvalue weighted by Crippen LogP contribution is 2.39. The van der Waals surface area contributed by atoms with Crippen LogP contribution < -0.4 is 16.2 Å². The Morgan fingerprint density at radius 1 is 1.26 bits per heavy atom. The summed E-state index contributed by atoms with van der Waals surface area (Å²) < 4.78 is 3.10. The lowest BCUT2D eigenvalue weighted by Crippen LogP contribution is -2.45. The minimum absolute atomic E-state index is 0.117. The van der Waals surface area contributed by atoms with Gasteiger partial charge in [-0.3, -0.25) is 9.36 Å². The number of anilines is 2. The van der Waals surface area contributed by atoms with Gasteiger partial charge < -0.3 is 15.7 Å². The van der Waals surface area contributed by atoms with Crippen LogP contribution in [0, 0.1) is 0 Å². The van der Waals surface area contributed by atoms with Crippen molar-refractivity contribution in [2.75, 3.05) is 17.2 Å². The number of para-hydroxylation sites is 1. The first kappa shape index (κ1) is 19.5. The first-order valence-electron chi connectivity index (χ1n) is 9.88. The van der Waals surface area contributed by atoms with Crippen molar-refractivity contribution in [2.24, 2.45) is 0 Å². The monoisotopic (exact) mass is 437 g/mol. The molecular formula is C21H20ClN7O2. The summed E-state index contributed by atoms with van der Waals surface area (Å²) in [5.74, 6) is 1.21. The van der Waals surface area contributed by atoms with Gasteiger partial charge >= 0.3 is 0 Å². The van der Waals surface area contributed by atoms with Crippen LogP contribution in [0.2, 0.25) is 5.02 Å². The fraction of sp³-hybridized carbons (Fsp3) is 0.238. The molecule has 31 heavy (non-hydrogen) atoms. The molecular weight excluding hydrogens is 418 g/mol. The quantitative estimate of drug-likeness (QED) is 0.504. The highest BCUT2D eigenvalue weighted by Gasteiger charge is 2.37. The van der Waals surface area contributed by atoms with E-state index in [-0.39, 0.29) is 17.5 Å². The van der Waals surface area contributed by atoms with Crippen molar-refractivity contribution >= 4 is 28.9 Å². The summed E-state index contributed by atoms with van der Waals surface area (Å²) in [6.45, 7) is 2.33. The molecule has 0 bridgehead atoms. The van der Waals surface area contributed by atoms with Crippen molar-refractivity contribution in [3.8, 4) is 5.69 Å². The molecule has 158 valence electrons. The van der Waals surface area contributed by atoms with Crippen LogP contribution in [-0.2, 0) is 0 Å². The SMILES string of the molecule is CC(O)c1cnc(N)nc1N1CCC1c1nn2ccc(Cl)c2c(=O)n1-c1ccccc1. The molecule has 5 rings (SSSR count). The van der Waals surface area contributed by atoms with Crippen molar-refractivity contribution in [1.29, 1.82) is 0 Å². The molecule has 4 aromatic rings. The van der Waals surface area contributed by atoms with Gasteiger partial charge in [0.15, 0.2) is 5.82 Å². The van der Waals surface area contributed by atoms with E-state index in [4.69, 9.17) is 22.4 Å². The molecule has 0 amide bonds. The van der Waals surface area contributed by atoms with Gasteiger partial charge in [-0.25, -0.2) is 9.50 Å². The second kappa shape index (κ2) is 7.36. The third-order valence-electron chi connectivity index (χ3n) is 5.53. The third kappa shape index (κ3) is 3.13. The van der Waals surface area contributed by atoms with Crippen LogP contribution in [0.15, 0.2) is 53.6 Å². The van der Waals surface area contributed by atoms with Gasteiger partial charge in [0.2, 0.25) is 5.95 Å². The van der Waals surface area contributed by atoms with E-state index >= 15 is 0 Å². The van der Waals surface area contributed by atoms with Gasteiger partial charge in [0.05, 0.1) is 22.9 Å². The Hall–Kier alpha value is -3.43. The second-order valence-corrected chi connectivity index (χ2v) is 7.88. The maximum atomic E-state index is 13.5. The van der Waals surface area contributed by atoms with Gasteiger partial charge in [0, 0.05) is 24.5 Å². The molecule has 0 spiro atoms. The Labute approximate surface area is 182 Å². The largest absolute Gasteiger partial charge is 0.389 e. The normalized spacial score (nSPS) is 17.0. The van der Waals surface area contributed by atoms with Crippen LogP contribution in [0.1, 0.15) is 36.9 Å². The molecule has 1 aliphatic rings. The number of halogens is 1. The van der Waals surface area contributed by atoms with E-state index in [9.17, 15) is 9.90 Å². The molecule has 10 heteroatoms. The van der Waals surface area contributed by atoms with Crippen LogP contribution in [0.3, 0.4) is 0 Å². The number of hydrogen-bond acceptors (Lipinski definition) is 7. The van der Waals surface area contributed by atoms with E-state index in [1.54, 1.807) is 23.8 Å². The summed E-state index contributed by atoms with van der Waals surface area (Å²) >= 11 is 6.27. The maximum absolute atomic E-state index is 13.5. The van der Waals surface area contributed by atoms with Crippen LogP contribution in [0.5, 0.6) is 0 Å². The lowest BCUT2D eigenvalue weighted by molar-refractivity contribution is 0.198. The number of aromatic nitrogens is 5. The molecule has 3 N–H and O–H groups in total. The minimum atomic E-state index is -0.771. The summed E-state index contributed by atoms with van der Waals surface area (Å²) in [6, 6.07) is 10.7. The maximum Gasteiger partial charge on any atom is 0.284 e. The van der Waals surface area contributed by atoms with E-state index in [1.807, 2.05) is 35.2 Å². The topological polar surface area (TPSA) is 115 Å². The Balaban J connectivity index is 1.71. The van der Waals surface area contributed by atoms with Crippen LogP contribution in [0.4, 0.5) is 11.8 Å². The minimum Gasteiger partial charge on any atom is -0.389 e. The zero-order valence-corrected chi connectivity index (χ0v) is 17.4. The molecule has 1 aromatic carbocycles. The fourth-order valence-corrected chi connectivity index (χ4v) is 4.14. The zero-order chi connectivity index (χ0) is 21.7. The van der Waals surface area contributed by atoms with Crippen LogP contribution in [-0.4, -0.2) is 35.8 Å². The fourth-order valence-electron chi connectivity index (χ4n) is 3.92. The molecule has 3 aromatic heterocycles. The van der Waals surface area contributed by atoms with Crippen molar-refractivity contribution in [3.05, 3.63) is 75.6 Å². The van der Waals surface area contributed by atoms with E-state index in [2.05, 4.69) is 9.97 Å². The molecule has 0 radical (unpaired) electrons.